The van der Waals surface area contributed by atoms with E-state index in [2.05, 4.69) is 5.32 Å². The van der Waals surface area contributed by atoms with Gasteiger partial charge in [0.25, 0.3) is 0 Å². The first kappa shape index (κ1) is 11.4. The maximum Gasteiger partial charge on any atom is 0.165 e. The molecule has 2 nitrogen and oxygen atoms in total. The monoisotopic (exact) mass is 223 g/mol. The number of nitrogens with one attached hydrogen (secondary N) is 1. The zero-order valence-corrected chi connectivity index (χ0v) is 9.58. The minimum absolute atomic E-state index is 0.142. The number of hydrogen-bond donors (Lipinski definition) is 1. The van der Waals surface area contributed by atoms with E-state index in [1.807, 2.05) is 7.05 Å². The van der Waals surface area contributed by atoms with Crippen molar-refractivity contribution in [3.8, 4) is 5.75 Å². The fourth-order valence-corrected chi connectivity index (χ4v) is 2.23. The van der Waals surface area contributed by atoms with E-state index in [-0.39, 0.29) is 11.9 Å². The highest BCUT2D eigenvalue weighted by atomic mass is 19.1. The first-order chi connectivity index (χ1) is 7.79. The topological polar surface area (TPSA) is 21.3 Å². The Labute approximate surface area is 95.8 Å². The van der Waals surface area contributed by atoms with Crippen molar-refractivity contribution in [2.24, 2.45) is 0 Å². The second kappa shape index (κ2) is 5.30. The summed E-state index contributed by atoms with van der Waals surface area (Å²) in [4.78, 5) is 0. The molecule has 3 heteroatoms. The number of para-hydroxylation sites is 1. The van der Waals surface area contributed by atoms with Gasteiger partial charge in [0, 0.05) is 6.04 Å². The molecule has 0 radical (unpaired) electrons. The summed E-state index contributed by atoms with van der Waals surface area (Å²) in [7, 11) is 1.97. The van der Waals surface area contributed by atoms with Crippen LogP contribution in [-0.2, 0) is 0 Å². The first-order valence-electron chi connectivity index (χ1n) is 5.88. The Hall–Kier alpha value is -1.09. The number of ether oxygens (including phenoxy) is 1. The highest BCUT2D eigenvalue weighted by Gasteiger charge is 2.22. The average molecular weight is 223 g/mol. The molecule has 16 heavy (non-hydrogen) atoms. The highest BCUT2D eigenvalue weighted by Crippen LogP contribution is 2.25. The van der Waals surface area contributed by atoms with Gasteiger partial charge in [-0.15, -0.1) is 0 Å². The molecular weight excluding hydrogens is 205 g/mol. The van der Waals surface area contributed by atoms with Crippen molar-refractivity contribution < 1.29 is 9.13 Å². The molecule has 1 aromatic carbocycles. The molecule has 1 N–H and O–H groups in total. The van der Waals surface area contributed by atoms with Crippen molar-refractivity contribution in [3.05, 3.63) is 30.1 Å². The van der Waals surface area contributed by atoms with Crippen LogP contribution in [0.2, 0.25) is 0 Å². The standard InChI is InChI=1S/C13H18FNO/c1-15-10-5-4-6-11(9-10)16-13-8-3-2-7-12(13)14/h2-3,7-8,10-11,15H,4-6,9H2,1H3. The Morgan fingerprint density at radius 1 is 1.31 bits per heavy atom. The van der Waals surface area contributed by atoms with E-state index in [0.29, 0.717) is 11.8 Å². The predicted molar refractivity (Wildman–Crippen MR) is 62.1 cm³/mol. The first-order valence-corrected chi connectivity index (χ1v) is 5.88. The number of hydrogen-bond acceptors (Lipinski definition) is 2. The summed E-state index contributed by atoms with van der Waals surface area (Å²) in [5, 5.41) is 3.26. The molecule has 2 rings (SSSR count). The van der Waals surface area contributed by atoms with Crippen molar-refractivity contribution in [2.75, 3.05) is 7.05 Å². The summed E-state index contributed by atoms with van der Waals surface area (Å²) in [6.07, 6.45) is 4.46. The molecule has 2 unspecified atom stereocenters. The molecule has 0 spiro atoms. The molecule has 1 aliphatic rings. The van der Waals surface area contributed by atoms with Gasteiger partial charge in [0.2, 0.25) is 0 Å². The van der Waals surface area contributed by atoms with Gasteiger partial charge in [-0.2, -0.15) is 0 Å². The zero-order valence-electron chi connectivity index (χ0n) is 9.58. The highest BCUT2D eigenvalue weighted by molar-refractivity contribution is 5.23. The minimum Gasteiger partial charge on any atom is -0.487 e. The van der Waals surface area contributed by atoms with Crippen LogP contribution in [0, 0.1) is 5.82 Å². The van der Waals surface area contributed by atoms with Crippen molar-refractivity contribution in [1.82, 2.24) is 5.32 Å². The SMILES string of the molecule is CNC1CCCC(Oc2ccccc2F)C1. The van der Waals surface area contributed by atoms with E-state index in [1.165, 1.54) is 12.5 Å². The van der Waals surface area contributed by atoms with Gasteiger partial charge in [0.15, 0.2) is 11.6 Å². The lowest BCUT2D eigenvalue weighted by Crippen LogP contribution is -2.36. The van der Waals surface area contributed by atoms with Crippen molar-refractivity contribution in [1.29, 1.82) is 0 Å². The summed E-state index contributed by atoms with van der Waals surface area (Å²) in [5.41, 5.74) is 0. The molecule has 0 bridgehead atoms. The molecule has 0 saturated heterocycles. The maximum absolute atomic E-state index is 13.4. The van der Waals surface area contributed by atoms with E-state index in [0.717, 1.165) is 19.3 Å². The average Bonchev–Trinajstić information content (AvgIpc) is 2.32. The van der Waals surface area contributed by atoms with Gasteiger partial charge >= 0.3 is 0 Å². The smallest absolute Gasteiger partial charge is 0.165 e. The van der Waals surface area contributed by atoms with Crippen LogP contribution >= 0.6 is 0 Å². The third-order valence-corrected chi connectivity index (χ3v) is 3.16. The maximum atomic E-state index is 13.4. The van der Waals surface area contributed by atoms with Gasteiger partial charge in [-0.1, -0.05) is 12.1 Å². The molecule has 0 aliphatic heterocycles. The fraction of sp³-hybridized carbons (Fsp3) is 0.538. The number of benzene rings is 1. The van der Waals surface area contributed by atoms with E-state index in [9.17, 15) is 4.39 Å². The lowest BCUT2D eigenvalue weighted by Gasteiger charge is -2.29. The Morgan fingerprint density at radius 2 is 2.12 bits per heavy atom. The van der Waals surface area contributed by atoms with Gasteiger partial charge in [-0.3, -0.25) is 0 Å². The van der Waals surface area contributed by atoms with Crippen LogP contribution in [0.3, 0.4) is 0 Å². The summed E-state index contributed by atoms with van der Waals surface area (Å²) in [6, 6.07) is 7.12. The summed E-state index contributed by atoms with van der Waals surface area (Å²) >= 11 is 0. The van der Waals surface area contributed by atoms with Gasteiger partial charge in [-0.05, 0) is 44.9 Å². The molecule has 1 aromatic rings. The van der Waals surface area contributed by atoms with Gasteiger partial charge in [-0.25, -0.2) is 4.39 Å². The molecule has 2 atom stereocenters. The van der Waals surface area contributed by atoms with Crippen LogP contribution in [0.4, 0.5) is 4.39 Å². The molecule has 0 heterocycles. The Kier molecular flexibility index (Phi) is 3.78. The predicted octanol–water partition coefficient (Wildman–Crippen LogP) is 2.74. The van der Waals surface area contributed by atoms with Crippen molar-refractivity contribution >= 4 is 0 Å². The van der Waals surface area contributed by atoms with E-state index < -0.39 is 0 Å². The molecule has 0 aromatic heterocycles. The summed E-state index contributed by atoms with van der Waals surface area (Å²) in [6.45, 7) is 0. The third-order valence-electron chi connectivity index (χ3n) is 3.16. The fourth-order valence-electron chi connectivity index (χ4n) is 2.23. The summed E-state index contributed by atoms with van der Waals surface area (Å²) < 4.78 is 19.1. The molecule has 1 fully saturated rings. The number of halogens is 1. The Balaban J connectivity index is 1.97. The van der Waals surface area contributed by atoms with Crippen molar-refractivity contribution in [2.45, 2.75) is 37.8 Å². The minimum atomic E-state index is -0.269. The van der Waals surface area contributed by atoms with Crippen LogP contribution in [0.5, 0.6) is 5.75 Å². The van der Waals surface area contributed by atoms with Crippen LogP contribution in [-0.4, -0.2) is 19.2 Å². The van der Waals surface area contributed by atoms with Crippen molar-refractivity contribution in [3.63, 3.8) is 0 Å². The third kappa shape index (κ3) is 2.73. The van der Waals surface area contributed by atoms with Crippen LogP contribution in [0.25, 0.3) is 0 Å². The lowest BCUT2D eigenvalue weighted by molar-refractivity contribution is 0.131. The second-order valence-corrected chi connectivity index (χ2v) is 4.32. The molecule has 0 amide bonds. The van der Waals surface area contributed by atoms with Gasteiger partial charge in [0.1, 0.15) is 6.10 Å². The lowest BCUT2D eigenvalue weighted by atomic mass is 9.93. The van der Waals surface area contributed by atoms with Gasteiger partial charge < -0.3 is 10.1 Å². The van der Waals surface area contributed by atoms with Gasteiger partial charge in [0.05, 0.1) is 0 Å². The van der Waals surface area contributed by atoms with E-state index >= 15 is 0 Å². The van der Waals surface area contributed by atoms with Crippen LogP contribution in [0.15, 0.2) is 24.3 Å². The normalized spacial score (nSPS) is 25.4. The summed E-state index contributed by atoms with van der Waals surface area (Å²) in [5.74, 6) is 0.110. The van der Waals surface area contributed by atoms with Crippen LogP contribution in [0.1, 0.15) is 25.7 Å². The Morgan fingerprint density at radius 3 is 2.88 bits per heavy atom. The molecule has 1 saturated carbocycles. The quantitative estimate of drug-likeness (QED) is 0.850. The molecule has 1 aliphatic carbocycles. The zero-order chi connectivity index (χ0) is 11.4. The second-order valence-electron chi connectivity index (χ2n) is 4.32. The Bertz CT molecular complexity index is 342. The number of rotatable bonds is 3. The largest absolute Gasteiger partial charge is 0.487 e. The van der Waals surface area contributed by atoms with E-state index in [1.54, 1.807) is 18.2 Å². The molecule has 88 valence electrons. The van der Waals surface area contributed by atoms with Crippen LogP contribution < -0.4 is 10.1 Å². The van der Waals surface area contributed by atoms with E-state index in [4.69, 9.17) is 4.74 Å². The molecular formula is C13H18FNO.